The highest BCUT2D eigenvalue weighted by molar-refractivity contribution is 7.89. The second-order valence-corrected chi connectivity index (χ2v) is 7.25. The largest absolute Gasteiger partial charge is 0.481 e. The standard InChI is InChI=1S/C15H21NO5S/c1-11-4-2-3-5-14(11)22(19,20)16-10-13(15(17)18)12-6-8-21-9-7-12/h2-5,12-13,16H,6-10H2,1H3,(H,17,18). The molecule has 22 heavy (non-hydrogen) atoms. The highest BCUT2D eigenvalue weighted by atomic mass is 32.2. The molecule has 7 heteroatoms. The molecule has 0 aromatic heterocycles. The summed E-state index contributed by atoms with van der Waals surface area (Å²) in [5.41, 5.74) is 0.632. The molecule has 0 saturated carbocycles. The van der Waals surface area contributed by atoms with Gasteiger partial charge in [-0.05, 0) is 37.3 Å². The van der Waals surface area contributed by atoms with Crippen molar-refractivity contribution in [1.29, 1.82) is 0 Å². The van der Waals surface area contributed by atoms with Crippen molar-refractivity contribution in [2.45, 2.75) is 24.7 Å². The van der Waals surface area contributed by atoms with Crippen molar-refractivity contribution in [3.8, 4) is 0 Å². The molecule has 1 heterocycles. The first kappa shape index (κ1) is 16.9. The van der Waals surface area contributed by atoms with Gasteiger partial charge in [-0.25, -0.2) is 13.1 Å². The average Bonchev–Trinajstić information content (AvgIpc) is 2.48. The highest BCUT2D eigenvalue weighted by Crippen LogP contribution is 2.24. The lowest BCUT2D eigenvalue weighted by Crippen LogP contribution is -2.39. The monoisotopic (exact) mass is 327 g/mol. The molecule has 0 amide bonds. The molecule has 1 aromatic carbocycles. The summed E-state index contributed by atoms with van der Waals surface area (Å²) in [6.07, 6.45) is 1.28. The zero-order valence-corrected chi connectivity index (χ0v) is 13.3. The molecule has 1 unspecified atom stereocenters. The number of carboxylic acid groups (broad SMARTS) is 1. The maximum atomic E-state index is 12.3. The Labute approximate surface area is 130 Å². The second kappa shape index (κ2) is 7.21. The third kappa shape index (κ3) is 4.06. The van der Waals surface area contributed by atoms with Crippen molar-refractivity contribution >= 4 is 16.0 Å². The van der Waals surface area contributed by atoms with E-state index in [2.05, 4.69) is 4.72 Å². The Morgan fingerprint density at radius 1 is 1.36 bits per heavy atom. The second-order valence-electron chi connectivity index (χ2n) is 5.51. The number of ether oxygens (including phenoxy) is 1. The van der Waals surface area contributed by atoms with Crippen molar-refractivity contribution in [3.63, 3.8) is 0 Å². The van der Waals surface area contributed by atoms with Crippen LogP contribution in [-0.2, 0) is 19.6 Å². The van der Waals surface area contributed by atoms with Gasteiger partial charge in [0.15, 0.2) is 0 Å². The third-order valence-corrected chi connectivity index (χ3v) is 5.61. The van der Waals surface area contributed by atoms with Gasteiger partial charge in [-0.3, -0.25) is 4.79 Å². The molecule has 0 spiro atoms. The Hall–Kier alpha value is -1.44. The zero-order valence-electron chi connectivity index (χ0n) is 12.5. The van der Waals surface area contributed by atoms with E-state index >= 15 is 0 Å². The molecule has 1 saturated heterocycles. The number of sulfonamides is 1. The van der Waals surface area contributed by atoms with Crippen molar-refractivity contribution in [1.82, 2.24) is 4.72 Å². The lowest BCUT2D eigenvalue weighted by Gasteiger charge is -2.27. The number of benzene rings is 1. The van der Waals surface area contributed by atoms with Gasteiger partial charge in [0.05, 0.1) is 10.8 Å². The van der Waals surface area contributed by atoms with Crippen LogP contribution in [0.4, 0.5) is 0 Å². The number of carbonyl (C=O) groups is 1. The predicted octanol–water partition coefficient (Wildman–Crippen LogP) is 1.40. The summed E-state index contributed by atoms with van der Waals surface area (Å²) in [6.45, 7) is 2.66. The minimum absolute atomic E-state index is 0.0641. The molecule has 0 radical (unpaired) electrons. The van der Waals surface area contributed by atoms with Crippen LogP contribution < -0.4 is 4.72 Å². The van der Waals surface area contributed by atoms with Crippen molar-refractivity contribution < 1.29 is 23.1 Å². The smallest absolute Gasteiger partial charge is 0.308 e. The van der Waals surface area contributed by atoms with Crippen molar-refractivity contribution in [2.24, 2.45) is 11.8 Å². The van der Waals surface area contributed by atoms with Crippen LogP contribution in [0.2, 0.25) is 0 Å². The van der Waals surface area contributed by atoms with E-state index in [-0.39, 0.29) is 17.4 Å². The van der Waals surface area contributed by atoms with E-state index < -0.39 is 21.9 Å². The van der Waals surface area contributed by atoms with Crippen LogP contribution in [-0.4, -0.2) is 39.3 Å². The van der Waals surface area contributed by atoms with E-state index in [9.17, 15) is 18.3 Å². The van der Waals surface area contributed by atoms with Crippen LogP contribution >= 0.6 is 0 Å². The van der Waals surface area contributed by atoms with E-state index in [0.29, 0.717) is 31.6 Å². The molecule has 0 bridgehead atoms. The Morgan fingerprint density at radius 3 is 2.59 bits per heavy atom. The first-order valence-corrected chi connectivity index (χ1v) is 8.76. The summed E-state index contributed by atoms with van der Waals surface area (Å²) in [5.74, 6) is -1.77. The molecule has 0 aliphatic carbocycles. The van der Waals surface area contributed by atoms with Crippen LogP contribution in [0.3, 0.4) is 0 Å². The normalized spacial score (nSPS) is 18.0. The maximum Gasteiger partial charge on any atom is 0.308 e. The molecule has 1 atom stereocenters. The van der Waals surface area contributed by atoms with Gasteiger partial charge in [-0.1, -0.05) is 18.2 Å². The van der Waals surface area contributed by atoms with E-state index in [0.717, 1.165) is 0 Å². The number of nitrogens with one attached hydrogen (secondary N) is 1. The Morgan fingerprint density at radius 2 is 2.00 bits per heavy atom. The number of carboxylic acids is 1. The van der Waals surface area contributed by atoms with E-state index in [1.807, 2.05) is 0 Å². The van der Waals surface area contributed by atoms with Gasteiger partial charge in [0.25, 0.3) is 0 Å². The van der Waals surface area contributed by atoms with Crippen LogP contribution in [0.1, 0.15) is 18.4 Å². The van der Waals surface area contributed by atoms with Crippen LogP contribution in [0.25, 0.3) is 0 Å². The van der Waals surface area contributed by atoms with Gasteiger partial charge < -0.3 is 9.84 Å². The fraction of sp³-hybridized carbons (Fsp3) is 0.533. The Bertz CT molecular complexity index is 623. The molecule has 1 aliphatic heterocycles. The third-order valence-electron chi connectivity index (χ3n) is 4.03. The molecule has 1 aliphatic rings. The predicted molar refractivity (Wildman–Crippen MR) is 81.0 cm³/mol. The van der Waals surface area contributed by atoms with E-state index in [1.54, 1.807) is 25.1 Å². The Kier molecular flexibility index (Phi) is 5.55. The zero-order chi connectivity index (χ0) is 16.2. The topological polar surface area (TPSA) is 92.7 Å². The summed E-state index contributed by atoms with van der Waals surface area (Å²) >= 11 is 0. The number of hydrogen-bond donors (Lipinski definition) is 2. The van der Waals surface area contributed by atoms with Gasteiger partial charge in [0.1, 0.15) is 0 Å². The van der Waals surface area contributed by atoms with Crippen LogP contribution in [0.5, 0.6) is 0 Å². The lowest BCUT2D eigenvalue weighted by molar-refractivity contribution is -0.144. The molecular weight excluding hydrogens is 306 g/mol. The summed E-state index contributed by atoms with van der Waals surface area (Å²) in [5, 5.41) is 9.37. The van der Waals surface area contributed by atoms with Gasteiger partial charge in [-0.15, -0.1) is 0 Å². The summed E-state index contributed by atoms with van der Waals surface area (Å²) in [7, 11) is -3.70. The summed E-state index contributed by atoms with van der Waals surface area (Å²) in [6, 6.07) is 6.63. The van der Waals surface area contributed by atoms with Gasteiger partial charge in [0, 0.05) is 19.8 Å². The number of aliphatic carboxylic acids is 1. The van der Waals surface area contributed by atoms with E-state index in [4.69, 9.17) is 4.74 Å². The minimum Gasteiger partial charge on any atom is -0.481 e. The van der Waals surface area contributed by atoms with Crippen molar-refractivity contribution in [3.05, 3.63) is 29.8 Å². The fourth-order valence-corrected chi connectivity index (χ4v) is 4.01. The van der Waals surface area contributed by atoms with Gasteiger partial charge >= 0.3 is 5.97 Å². The molecule has 122 valence electrons. The molecule has 2 N–H and O–H groups in total. The fourth-order valence-electron chi connectivity index (χ4n) is 2.71. The first-order valence-electron chi connectivity index (χ1n) is 7.27. The summed E-state index contributed by atoms with van der Waals surface area (Å²) < 4.78 is 32.3. The number of aryl methyl sites for hydroxylation is 1. The summed E-state index contributed by atoms with van der Waals surface area (Å²) in [4.78, 5) is 11.6. The Balaban J connectivity index is 2.08. The SMILES string of the molecule is Cc1ccccc1S(=O)(=O)NCC(C(=O)O)C1CCOCC1. The molecule has 6 nitrogen and oxygen atoms in total. The average molecular weight is 327 g/mol. The first-order chi connectivity index (χ1) is 10.4. The maximum absolute atomic E-state index is 12.3. The van der Waals surface area contributed by atoms with E-state index in [1.165, 1.54) is 6.07 Å². The minimum atomic E-state index is -3.70. The molecule has 1 aromatic rings. The molecule has 2 rings (SSSR count). The molecular formula is C15H21NO5S. The van der Waals surface area contributed by atoms with Crippen LogP contribution in [0, 0.1) is 18.8 Å². The number of rotatable bonds is 6. The van der Waals surface area contributed by atoms with Crippen molar-refractivity contribution in [2.75, 3.05) is 19.8 Å². The quantitative estimate of drug-likeness (QED) is 0.824. The highest BCUT2D eigenvalue weighted by Gasteiger charge is 2.31. The lowest BCUT2D eigenvalue weighted by atomic mass is 9.86. The van der Waals surface area contributed by atoms with Gasteiger partial charge in [0.2, 0.25) is 10.0 Å². The molecule has 1 fully saturated rings. The van der Waals surface area contributed by atoms with Gasteiger partial charge in [-0.2, -0.15) is 0 Å². The number of hydrogen-bond acceptors (Lipinski definition) is 4. The van der Waals surface area contributed by atoms with Crippen LogP contribution in [0.15, 0.2) is 29.2 Å².